The Kier molecular flexibility index (Phi) is 6.12. The maximum atomic E-state index is 14.9. The number of anilines is 1. The number of methoxy groups -OCH3 is 1. The summed E-state index contributed by atoms with van der Waals surface area (Å²) in [7, 11) is 1.28. The van der Waals surface area contributed by atoms with Crippen LogP contribution in [0.1, 0.15) is 41.4 Å². The first-order valence-corrected chi connectivity index (χ1v) is 12.8. The predicted molar refractivity (Wildman–Crippen MR) is 137 cm³/mol. The molecule has 3 aliphatic rings. The minimum Gasteiger partial charge on any atom is -0.494 e. The first-order chi connectivity index (χ1) is 19.7. The van der Waals surface area contributed by atoms with E-state index in [-0.39, 0.29) is 72.4 Å². The third kappa shape index (κ3) is 4.05. The highest BCUT2D eigenvalue weighted by atomic mass is 19.1. The fourth-order valence-electron chi connectivity index (χ4n) is 5.51. The predicted octanol–water partition coefficient (Wildman–Crippen LogP) is 1.72. The van der Waals surface area contributed by atoms with E-state index in [0.717, 1.165) is 0 Å². The average molecular weight is 566 g/mol. The number of pyridine rings is 1. The molecule has 5 heterocycles. The molecule has 13 nitrogen and oxygen atoms in total. The first-order valence-electron chi connectivity index (χ1n) is 12.8. The molecule has 0 radical (unpaired) electrons. The van der Waals surface area contributed by atoms with Crippen molar-refractivity contribution in [2.75, 3.05) is 25.2 Å². The number of esters is 1. The normalized spacial score (nSPS) is 21.9. The molecule has 14 heteroatoms. The standard InChI is InChI=1S/C27H24FN5O8/c1-3-40-24(36)15-5-9-20(34)33(15)19-8-7-16-14(29-19)10-18(41-16)27(25(37)30-26(38)31-27)12-32-11-13-4-6-17(39-2)22(28)21(13)23(32)35/h4,6-8,10,15H,3,5,9,11-12H2,1-2H3,(H2,30,31,37,38)/t15-,27+/m1/s1. The van der Waals surface area contributed by atoms with E-state index in [0.29, 0.717) is 5.56 Å². The van der Waals surface area contributed by atoms with Gasteiger partial charge in [0.05, 0.1) is 25.8 Å². The number of imide groups is 1. The zero-order valence-corrected chi connectivity index (χ0v) is 22.0. The van der Waals surface area contributed by atoms with Crippen molar-refractivity contribution in [2.45, 2.75) is 37.9 Å². The molecule has 0 unspecified atom stereocenters. The Morgan fingerprint density at radius 1 is 1.22 bits per heavy atom. The van der Waals surface area contributed by atoms with E-state index in [9.17, 15) is 28.4 Å². The fraction of sp³-hybridized carbons (Fsp3) is 0.333. The van der Waals surface area contributed by atoms with Crippen LogP contribution in [0.2, 0.25) is 0 Å². The molecule has 5 amide bonds. The minimum absolute atomic E-state index is 0.0189. The van der Waals surface area contributed by atoms with Crippen LogP contribution in [0.3, 0.4) is 0 Å². The molecule has 0 aliphatic carbocycles. The van der Waals surface area contributed by atoms with Crippen molar-refractivity contribution in [2.24, 2.45) is 0 Å². The van der Waals surface area contributed by atoms with Crippen molar-refractivity contribution < 1.29 is 42.3 Å². The van der Waals surface area contributed by atoms with Gasteiger partial charge in [-0.2, -0.15) is 0 Å². The number of carbonyl (C=O) groups is 5. The van der Waals surface area contributed by atoms with Crippen molar-refractivity contribution in [1.29, 1.82) is 0 Å². The number of benzene rings is 1. The van der Waals surface area contributed by atoms with Gasteiger partial charge in [-0.3, -0.25) is 24.6 Å². The maximum absolute atomic E-state index is 14.9. The molecule has 0 bridgehead atoms. The monoisotopic (exact) mass is 565 g/mol. The van der Waals surface area contributed by atoms with E-state index in [2.05, 4.69) is 15.6 Å². The molecule has 1 aromatic carbocycles. The lowest BCUT2D eigenvalue weighted by Gasteiger charge is -2.28. The summed E-state index contributed by atoms with van der Waals surface area (Å²) in [6.45, 7) is 1.44. The number of aromatic nitrogens is 1. The Bertz CT molecular complexity index is 1650. The van der Waals surface area contributed by atoms with Gasteiger partial charge in [-0.05, 0) is 37.1 Å². The number of urea groups is 1. The molecule has 2 saturated heterocycles. The summed E-state index contributed by atoms with van der Waals surface area (Å²) in [5.41, 5.74) is -1.17. The van der Waals surface area contributed by atoms with E-state index < -0.39 is 41.2 Å². The molecule has 2 aromatic heterocycles. The van der Waals surface area contributed by atoms with Crippen LogP contribution in [0.15, 0.2) is 34.7 Å². The minimum atomic E-state index is -1.85. The van der Waals surface area contributed by atoms with Crippen molar-refractivity contribution in [3.63, 3.8) is 0 Å². The summed E-state index contributed by atoms with van der Waals surface area (Å²) in [5.74, 6) is -3.05. The van der Waals surface area contributed by atoms with Crippen LogP contribution in [-0.4, -0.2) is 65.9 Å². The van der Waals surface area contributed by atoms with Gasteiger partial charge in [-0.15, -0.1) is 0 Å². The summed E-state index contributed by atoms with van der Waals surface area (Å²) >= 11 is 0. The molecule has 41 heavy (non-hydrogen) atoms. The SMILES string of the molecule is CCOC(=O)[C@H]1CCC(=O)N1c1ccc2oc([C@]3(CN4Cc5ccc(OC)c(F)c5C4=O)NC(=O)NC3=O)cc2n1. The maximum Gasteiger partial charge on any atom is 0.329 e. The number of ether oxygens (including phenoxy) is 2. The number of amides is 5. The van der Waals surface area contributed by atoms with Gasteiger partial charge in [0, 0.05) is 19.0 Å². The van der Waals surface area contributed by atoms with Gasteiger partial charge in [0.2, 0.25) is 5.91 Å². The number of fused-ring (bicyclic) bond motifs is 2. The Morgan fingerprint density at radius 2 is 2.02 bits per heavy atom. The highest BCUT2D eigenvalue weighted by Gasteiger charge is 2.53. The summed E-state index contributed by atoms with van der Waals surface area (Å²) in [6, 6.07) is 5.78. The second-order valence-corrected chi connectivity index (χ2v) is 9.82. The zero-order valence-electron chi connectivity index (χ0n) is 22.0. The molecule has 0 spiro atoms. The molecular weight excluding hydrogens is 541 g/mol. The van der Waals surface area contributed by atoms with Gasteiger partial charge in [0.15, 0.2) is 22.7 Å². The summed E-state index contributed by atoms with van der Waals surface area (Å²) < 4.78 is 31.0. The Morgan fingerprint density at radius 3 is 2.73 bits per heavy atom. The van der Waals surface area contributed by atoms with E-state index >= 15 is 0 Å². The van der Waals surface area contributed by atoms with E-state index in [1.54, 1.807) is 13.0 Å². The van der Waals surface area contributed by atoms with E-state index in [1.807, 2.05) is 0 Å². The number of furan rings is 1. The van der Waals surface area contributed by atoms with Crippen molar-refractivity contribution in [3.05, 3.63) is 53.0 Å². The smallest absolute Gasteiger partial charge is 0.329 e. The van der Waals surface area contributed by atoms with Crippen molar-refractivity contribution in [1.82, 2.24) is 20.5 Å². The van der Waals surface area contributed by atoms with Crippen molar-refractivity contribution in [3.8, 4) is 5.75 Å². The number of nitrogens with one attached hydrogen (secondary N) is 2. The van der Waals surface area contributed by atoms with Gasteiger partial charge in [-0.1, -0.05) is 6.07 Å². The van der Waals surface area contributed by atoms with Crippen molar-refractivity contribution >= 4 is 46.6 Å². The molecule has 2 N–H and O–H groups in total. The summed E-state index contributed by atoms with van der Waals surface area (Å²) in [6.07, 6.45) is 0.427. The Hall–Kier alpha value is -5.01. The van der Waals surface area contributed by atoms with Gasteiger partial charge in [-0.25, -0.2) is 19.0 Å². The van der Waals surface area contributed by atoms with E-state index in [1.165, 1.54) is 41.2 Å². The topological polar surface area (TPSA) is 160 Å². The summed E-state index contributed by atoms with van der Waals surface area (Å²) in [5, 5.41) is 4.74. The lowest BCUT2D eigenvalue weighted by Crippen LogP contribution is -2.52. The molecule has 6 rings (SSSR count). The van der Waals surface area contributed by atoms with Gasteiger partial charge >= 0.3 is 12.0 Å². The van der Waals surface area contributed by atoms with Gasteiger partial charge < -0.3 is 24.1 Å². The number of halogens is 1. The van der Waals surface area contributed by atoms with Gasteiger partial charge in [0.1, 0.15) is 23.1 Å². The zero-order chi connectivity index (χ0) is 29.1. The lowest BCUT2D eigenvalue weighted by molar-refractivity contribution is -0.144. The third-order valence-electron chi connectivity index (χ3n) is 7.44. The number of carbonyl (C=O) groups excluding carboxylic acids is 5. The number of hydrogen-bond donors (Lipinski definition) is 2. The second-order valence-electron chi connectivity index (χ2n) is 9.82. The molecule has 3 aliphatic heterocycles. The first kappa shape index (κ1) is 26.2. The quantitative estimate of drug-likeness (QED) is 0.321. The Labute approximate surface area is 231 Å². The van der Waals surface area contributed by atoms with Crippen LogP contribution in [-0.2, 0) is 31.2 Å². The molecule has 212 valence electrons. The van der Waals surface area contributed by atoms with Crippen LogP contribution < -0.4 is 20.3 Å². The Balaban J connectivity index is 1.36. The highest BCUT2D eigenvalue weighted by molar-refractivity contribution is 6.08. The number of rotatable bonds is 7. The van der Waals surface area contributed by atoms with E-state index in [4.69, 9.17) is 13.9 Å². The lowest BCUT2D eigenvalue weighted by atomic mass is 9.95. The van der Waals surface area contributed by atoms with Crippen LogP contribution in [0, 0.1) is 5.82 Å². The molecule has 2 fully saturated rings. The highest BCUT2D eigenvalue weighted by Crippen LogP contribution is 2.37. The van der Waals surface area contributed by atoms with Crippen LogP contribution in [0.4, 0.5) is 15.0 Å². The molecule has 2 atom stereocenters. The average Bonchev–Trinajstić information content (AvgIpc) is 3.68. The van der Waals surface area contributed by atoms with Crippen LogP contribution in [0.25, 0.3) is 11.1 Å². The molecular formula is C27H24FN5O8. The van der Waals surface area contributed by atoms with Gasteiger partial charge in [0.25, 0.3) is 11.8 Å². The third-order valence-corrected chi connectivity index (χ3v) is 7.44. The number of hydrogen-bond acceptors (Lipinski definition) is 9. The fourth-order valence-corrected chi connectivity index (χ4v) is 5.51. The number of nitrogens with zero attached hydrogens (tertiary/aromatic N) is 3. The van der Waals surface area contributed by atoms with Crippen LogP contribution >= 0.6 is 0 Å². The summed E-state index contributed by atoms with van der Waals surface area (Å²) in [4.78, 5) is 70.8. The largest absolute Gasteiger partial charge is 0.494 e. The van der Waals surface area contributed by atoms with Crippen LogP contribution in [0.5, 0.6) is 5.75 Å². The molecule has 3 aromatic rings. The molecule has 0 saturated carbocycles. The second kappa shape index (κ2) is 9.57.